The van der Waals surface area contributed by atoms with Gasteiger partial charge in [0, 0.05) is 0 Å². The Bertz CT molecular complexity index is 606. The van der Waals surface area contributed by atoms with Gasteiger partial charge in [-0.25, -0.2) is 15.2 Å². The minimum atomic E-state index is -0.512. The van der Waals surface area contributed by atoms with Gasteiger partial charge in [0.25, 0.3) is 0 Å². The number of nitrogens with two attached hydrogens (primary N) is 1. The summed E-state index contributed by atoms with van der Waals surface area (Å²) in [5.41, 5.74) is 2.91. The second kappa shape index (κ2) is 5.12. The second-order valence-electron chi connectivity index (χ2n) is 3.48. The van der Waals surface area contributed by atoms with E-state index in [9.17, 15) is 4.39 Å². The molecule has 0 aliphatic carbocycles. The molecule has 0 aliphatic rings. The minimum Gasteiger partial charge on any atom is -0.338 e. The van der Waals surface area contributed by atoms with Crippen LogP contribution in [0.2, 0.25) is 0 Å². The molecule has 1 aromatic carbocycles. The maximum Gasteiger partial charge on any atom is 0.147 e. The van der Waals surface area contributed by atoms with Crippen LogP contribution in [0.15, 0.2) is 36.4 Å². The molecule has 1 heterocycles. The average Bonchev–Trinajstić information content (AvgIpc) is 2.41. The highest BCUT2D eigenvalue weighted by atomic mass is 19.1. The van der Waals surface area contributed by atoms with E-state index in [1.54, 1.807) is 18.2 Å². The molecule has 0 bridgehead atoms. The van der Waals surface area contributed by atoms with Crippen LogP contribution in [0.25, 0.3) is 0 Å². The molecule has 0 spiro atoms. The van der Waals surface area contributed by atoms with Crippen LogP contribution < -0.4 is 16.6 Å². The Morgan fingerprint density at radius 3 is 2.67 bits per heavy atom. The highest BCUT2D eigenvalue weighted by molar-refractivity contribution is 5.59. The third-order valence-corrected chi connectivity index (χ3v) is 2.26. The lowest BCUT2D eigenvalue weighted by Crippen LogP contribution is -2.09. The molecule has 90 valence electrons. The molecule has 0 aliphatic heterocycles. The van der Waals surface area contributed by atoms with Gasteiger partial charge in [-0.05, 0) is 30.3 Å². The monoisotopic (exact) mass is 243 g/mol. The van der Waals surface area contributed by atoms with Crippen LogP contribution in [-0.2, 0) is 0 Å². The Morgan fingerprint density at radius 1 is 1.22 bits per heavy atom. The van der Waals surface area contributed by atoms with Gasteiger partial charge in [-0.3, -0.25) is 0 Å². The number of nitrogens with zero attached hydrogens (tertiary/aromatic N) is 2. The Morgan fingerprint density at radius 2 is 2.00 bits per heavy atom. The van der Waals surface area contributed by atoms with Gasteiger partial charge in [-0.1, -0.05) is 6.07 Å². The highest BCUT2D eigenvalue weighted by Crippen LogP contribution is 2.20. The molecular formula is C12H10FN5. The van der Waals surface area contributed by atoms with E-state index in [1.807, 2.05) is 6.07 Å². The standard InChI is InChI=1S/C12H10FN5/c13-9-6-8(7-14)4-5-10(9)16-11-2-1-3-12(17-11)18-15/h1-6H,15H2,(H2,16,17,18). The Labute approximate surface area is 103 Å². The van der Waals surface area contributed by atoms with E-state index in [1.165, 1.54) is 12.1 Å². The minimum absolute atomic E-state index is 0.246. The molecular weight excluding hydrogens is 233 g/mol. The van der Waals surface area contributed by atoms with Crippen LogP contribution in [0.5, 0.6) is 0 Å². The predicted octanol–water partition coefficient (Wildman–Crippen LogP) is 2.12. The van der Waals surface area contributed by atoms with E-state index in [0.717, 1.165) is 6.07 Å². The molecule has 0 fully saturated rings. The van der Waals surface area contributed by atoms with E-state index < -0.39 is 5.82 Å². The molecule has 0 saturated carbocycles. The van der Waals surface area contributed by atoms with Gasteiger partial charge >= 0.3 is 0 Å². The first-order chi connectivity index (χ1) is 8.72. The van der Waals surface area contributed by atoms with Crippen molar-refractivity contribution in [2.45, 2.75) is 0 Å². The van der Waals surface area contributed by atoms with Crippen molar-refractivity contribution < 1.29 is 4.39 Å². The first-order valence-electron chi connectivity index (χ1n) is 5.13. The fraction of sp³-hybridized carbons (Fsp3) is 0. The number of hydrogen-bond acceptors (Lipinski definition) is 5. The zero-order chi connectivity index (χ0) is 13.0. The van der Waals surface area contributed by atoms with Crippen LogP contribution >= 0.6 is 0 Å². The first kappa shape index (κ1) is 11.8. The molecule has 4 N–H and O–H groups in total. The third-order valence-electron chi connectivity index (χ3n) is 2.26. The van der Waals surface area contributed by atoms with Crippen LogP contribution in [-0.4, -0.2) is 4.98 Å². The molecule has 2 rings (SSSR count). The molecule has 0 saturated heterocycles. The number of pyridine rings is 1. The predicted molar refractivity (Wildman–Crippen MR) is 66.4 cm³/mol. The quantitative estimate of drug-likeness (QED) is 0.567. The fourth-order valence-electron chi connectivity index (χ4n) is 1.41. The largest absolute Gasteiger partial charge is 0.338 e. The zero-order valence-corrected chi connectivity index (χ0v) is 9.31. The van der Waals surface area contributed by atoms with Crippen molar-refractivity contribution in [3.63, 3.8) is 0 Å². The summed E-state index contributed by atoms with van der Waals surface area (Å²) < 4.78 is 13.6. The van der Waals surface area contributed by atoms with Gasteiger partial charge in [0.15, 0.2) is 0 Å². The number of halogens is 1. The Hall–Kier alpha value is -2.65. The topological polar surface area (TPSA) is 86.8 Å². The van der Waals surface area contributed by atoms with E-state index in [4.69, 9.17) is 11.1 Å². The molecule has 0 radical (unpaired) electrons. The summed E-state index contributed by atoms with van der Waals surface area (Å²) in [7, 11) is 0. The van der Waals surface area contributed by atoms with Crippen molar-refractivity contribution in [3.05, 3.63) is 47.8 Å². The smallest absolute Gasteiger partial charge is 0.147 e. The van der Waals surface area contributed by atoms with E-state index in [0.29, 0.717) is 11.6 Å². The van der Waals surface area contributed by atoms with Gasteiger partial charge < -0.3 is 10.7 Å². The summed E-state index contributed by atoms with van der Waals surface area (Å²) >= 11 is 0. The molecule has 5 nitrogen and oxygen atoms in total. The summed E-state index contributed by atoms with van der Waals surface area (Å²) in [6.07, 6.45) is 0. The lowest BCUT2D eigenvalue weighted by Gasteiger charge is -2.08. The SMILES string of the molecule is N#Cc1ccc(Nc2cccc(NN)n2)c(F)c1. The number of anilines is 3. The number of benzene rings is 1. The number of nitriles is 1. The van der Waals surface area contributed by atoms with Crippen molar-refractivity contribution in [3.8, 4) is 6.07 Å². The van der Waals surface area contributed by atoms with Crippen LogP contribution in [0.3, 0.4) is 0 Å². The molecule has 18 heavy (non-hydrogen) atoms. The van der Waals surface area contributed by atoms with E-state index in [-0.39, 0.29) is 11.3 Å². The summed E-state index contributed by atoms with van der Waals surface area (Å²) in [6, 6.07) is 11.1. The van der Waals surface area contributed by atoms with Gasteiger partial charge in [0.05, 0.1) is 17.3 Å². The molecule has 2 aromatic rings. The maximum atomic E-state index is 13.6. The van der Waals surface area contributed by atoms with Gasteiger partial charge in [0.1, 0.15) is 17.5 Å². The molecule has 0 unspecified atom stereocenters. The average molecular weight is 243 g/mol. The Kier molecular flexibility index (Phi) is 3.36. The first-order valence-corrected chi connectivity index (χ1v) is 5.13. The van der Waals surface area contributed by atoms with E-state index in [2.05, 4.69) is 15.7 Å². The number of hydrogen-bond donors (Lipinski definition) is 3. The number of rotatable bonds is 3. The van der Waals surface area contributed by atoms with Gasteiger partial charge in [-0.2, -0.15) is 5.26 Å². The highest BCUT2D eigenvalue weighted by Gasteiger charge is 2.04. The maximum absolute atomic E-state index is 13.6. The zero-order valence-electron chi connectivity index (χ0n) is 9.31. The third kappa shape index (κ3) is 2.53. The molecule has 0 atom stereocenters. The number of nitrogen functional groups attached to an aromatic ring is 1. The fourth-order valence-corrected chi connectivity index (χ4v) is 1.41. The van der Waals surface area contributed by atoms with Gasteiger partial charge in [-0.15, -0.1) is 0 Å². The summed E-state index contributed by atoms with van der Waals surface area (Å²) in [6.45, 7) is 0. The van der Waals surface area contributed by atoms with Crippen LogP contribution in [0.1, 0.15) is 5.56 Å². The normalized spacial score (nSPS) is 9.61. The summed E-state index contributed by atoms with van der Waals surface area (Å²) in [5, 5.41) is 11.4. The van der Waals surface area contributed by atoms with Crippen molar-refractivity contribution >= 4 is 17.3 Å². The number of aromatic nitrogens is 1. The lowest BCUT2D eigenvalue weighted by molar-refractivity contribution is 0.631. The number of hydrazine groups is 1. The van der Waals surface area contributed by atoms with E-state index >= 15 is 0 Å². The van der Waals surface area contributed by atoms with Crippen molar-refractivity contribution in [1.82, 2.24) is 4.98 Å². The molecule has 1 aromatic heterocycles. The molecule has 0 amide bonds. The van der Waals surface area contributed by atoms with Crippen LogP contribution in [0, 0.1) is 17.1 Å². The Balaban J connectivity index is 2.26. The van der Waals surface area contributed by atoms with Crippen LogP contribution in [0.4, 0.5) is 21.7 Å². The van der Waals surface area contributed by atoms with Crippen molar-refractivity contribution in [2.75, 3.05) is 10.7 Å². The summed E-state index contributed by atoms with van der Waals surface area (Å²) in [4.78, 5) is 4.09. The van der Waals surface area contributed by atoms with Gasteiger partial charge in [0.2, 0.25) is 0 Å². The van der Waals surface area contributed by atoms with Crippen molar-refractivity contribution in [1.29, 1.82) is 5.26 Å². The number of nitrogens with one attached hydrogen (secondary N) is 2. The van der Waals surface area contributed by atoms with Crippen molar-refractivity contribution in [2.24, 2.45) is 5.84 Å². The molecule has 6 heteroatoms. The summed E-state index contributed by atoms with van der Waals surface area (Å²) in [5.74, 6) is 5.64. The second-order valence-corrected chi connectivity index (χ2v) is 3.48. The lowest BCUT2D eigenvalue weighted by atomic mass is 10.2.